The first-order valence-corrected chi connectivity index (χ1v) is 8.34. The van der Waals surface area contributed by atoms with Crippen molar-refractivity contribution in [1.82, 2.24) is 5.32 Å². The number of nitro groups is 1. The summed E-state index contributed by atoms with van der Waals surface area (Å²) in [5.41, 5.74) is -0.0226. The van der Waals surface area contributed by atoms with E-state index >= 15 is 0 Å². The molecule has 138 valence electrons. The molecule has 0 aliphatic rings. The van der Waals surface area contributed by atoms with E-state index < -0.39 is 4.92 Å². The molecule has 1 N–H and O–H groups in total. The summed E-state index contributed by atoms with van der Waals surface area (Å²) in [4.78, 5) is 33.7. The summed E-state index contributed by atoms with van der Waals surface area (Å²) in [6.45, 7) is 4.61. The number of carbonyl (C=O) groups excluding carboxylic acids is 2. The lowest BCUT2D eigenvalue weighted by Crippen LogP contribution is -2.24. The van der Waals surface area contributed by atoms with Gasteiger partial charge >= 0.3 is 11.7 Å². The molecule has 1 amide bonds. The Bertz CT molecular complexity index is 603. The van der Waals surface area contributed by atoms with E-state index in [1.165, 1.54) is 18.2 Å². The molecule has 1 aromatic rings. The Balaban J connectivity index is 2.43. The fraction of sp³-hybridized carbons (Fsp3) is 0.529. The van der Waals surface area contributed by atoms with Gasteiger partial charge in [0.2, 0.25) is 0 Å². The van der Waals surface area contributed by atoms with Gasteiger partial charge in [0, 0.05) is 24.6 Å². The van der Waals surface area contributed by atoms with E-state index in [9.17, 15) is 19.7 Å². The van der Waals surface area contributed by atoms with Crippen molar-refractivity contribution in [2.75, 3.05) is 19.8 Å². The number of amides is 1. The van der Waals surface area contributed by atoms with Gasteiger partial charge in [0.1, 0.15) is 0 Å². The largest absolute Gasteiger partial charge is 0.487 e. The van der Waals surface area contributed by atoms with Crippen LogP contribution < -0.4 is 10.1 Å². The van der Waals surface area contributed by atoms with Crippen molar-refractivity contribution in [3.63, 3.8) is 0 Å². The van der Waals surface area contributed by atoms with E-state index in [2.05, 4.69) is 5.32 Å². The Labute approximate surface area is 146 Å². The van der Waals surface area contributed by atoms with Crippen LogP contribution in [0, 0.1) is 10.1 Å². The van der Waals surface area contributed by atoms with E-state index in [4.69, 9.17) is 9.47 Å². The maximum atomic E-state index is 12.1. The van der Waals surface area contributed by atoms with Gasteiger partial charge in [-0.15, -0.1) is 0 Å². The zero-order chi connectivity index (χ0) is 18.7. The highest BCUT2D eigenvalue weighted by Crippen LogP contribution is 2.27. The quantitative estimate of drug-likeness (QED) is 0.284. The van der Waals surface area contributed by atoms with Gasteiger partial charge in [0.15, 0.2) is 5.75 Å². The second-order valence-corrected chi connectivity index (χ2v) is 5.24. The minimum Gasteiger partial charge on any atom is -0.487 e. The fourth-order valence-electron chi connectivity index (χ4n) is 2.19. The molecule has 0 atom stereocenters. The normalized spacial score (nSPS) is 10.2. The zero-order valence-corrected chi connectivity index (χ0v) is 14.6. The number of hydrogen-bond acceptors (Lipinski definition) is 6. The van der Waals surface area contributed by atoms with Crippen LogP contribution in [0.25, 0.3) is 0 Å². The van der Waals surface area contributed by atoms with Crippen molar-refractivity contribution in [3.05, 3.63) is 33.9 Å². The molecule has 0 radical (unpaired) electrons. The molecule has 0 aromatic heterocycles. The minimum atomic E-state index is -0.572. The first-order valence-electron chi connectivity index (χ1n) is 8.34. The fourth-order valence-corrected chi connectivity index (χ4v) is 2.19. The molecule has 1 rings (SSSR count). The summed E-state index contributed by atoms with van der Waals surface area (Å²) in [5, 5.41) is 13.8. The van der Waals surface area contributed by atoms with Crippen LogP contribution in [0.2, 0.25) is 0 Å². The van der Waals surface area contributed by atoms with Gasteiger partial charge < -0.3 is 14.8 Å². The zero-order valence-electron chi connectivity index (χ0n) is 14.6. The highest BCUT2D eigenvalue weighted by atomic mass is 16.6. The molecule has 8 nitrogen and oxygen atoms in total. The summed E-state index contributed by atoms with van der Waals surface area (Å²) in [5.74, 6) is -0.451. The predicted octanol–water partition coefficient (Wildman–Crippen LogP) is 2.85. The van der Waals surface area contributed by atoms with Crippen LogP contribution in [0.1, 0.15) is 49.9 Å². The number of ether oxygens (including phenoxy) is 2. The molecule has 0 aliphatic carbocycles. The number of carbonyl (C=O) groups is 2. The molecule has 25 heavy (non-hydrogen) atoms. The van der Waals surface area contributed by atoms with Crippen LogP contribution in [0.15, 0.2) is 18.2 Å². The van der Waals surface area contributed by atoms with Gasteiger partial charge in [-0.3, -0.25) is 19.7 Å². The third kappa shape index (κ3) is 7.19. The van der Waals surface area contributed by atoms with Gasteiger partial charge in [-0.1, -0.05) is 6.42 Å². The topological polar surface area (TPSA) is 108 Å². The lowest BCUT2D eigenvalue weighted by atomic mass is 10.1. The molecule has 0 spiro atoms. The third-order valence-electron chi connectivity index (χ3n) is 3.37. The van der Waals surface area contributed by atoms with Crippen LogP contribution in [0.4, 0.5) is 5.69 Å². The summed E-state index contributed by atoms with van der Waals surface area (Å²) >= 11 is 0. The third-order valence-corrected chi connectivity index (χ3v) is 3.37. The number of benzene rings is 1. The van der Waals surface area contributed by atoms with Gasteiger partial charge in [-0.05, 0) is 38.8 Å². The molecule has 1 aromatic carbocycles. The maximum absolute atomic E-state index is 12.1. The van der Waals surface area contributed by atoms with E-state index in [0.717, 1.165) is 6.42 Å². The Hall–Kier alpha value is -2.64. The van der Waals surface area contributed by atoms with Crippen molar-refractivity contribution in [2.45, 2.75) is 39.5 Å². The number of nitro benzene ring substituents is 1. The summed E-state index contributed by atoms with van der Waals surface area (Å²) in [6.07, 6.45) is 2.56. The first-order chi connectivity index (χ1) is 12.0. The maximum Gasteiger partial charge on any atom is 0.311 e. The Morgan fingerprint density at radius 3 is 2.56 bits per heavy atom. The van der Waals surface area contributed by atoms with Gasteiger partial charge in [0.05, 0.1) is 18.1 Å². The number of nitrogens with zero attached hydrogens (tertiary/aromatic N) is 1. The lowest BCUT2D eigenvalue weighted by molar-refractivity contribution is -0.385. The van der Waals surface area contributed by atoms with Crippen molar-refractivity contribution in [3.8, 4) is 5.75 Å². The molecule has 0 aliphatic heterocycles. The monoisotopic (exact) mass is 352 g/mol. The molecule has 0 saturated heterocycles. The van der Waals surface area contributed by atoms with Crippen molar-refractivity contribution < 1.29 is 24.0 Å². The van der Waals surface area contributed by atoms with E-state index in [1.54, 1.807) is 13.8 Å². The second-order valence-electron chi connectivity index (χ2n) is 5.24. The smallest absolute Gasteiger partial charge is 0.311 e. The van der Waals surface area contributed by atoms with Crippen molar-refractivity contribution in [2.24, 2.45) is 0 Å². The van der Waals surface area contributed by atoms with Crippen molar-refractivity contribution >= 4 is 17.6 Å². The Kier molecular flexibility index (Phi) is 8.99. The summed E-state index contributed by atoms with van der Waals surface area (Å²) < 4.78 is 10.0. The molecule has 0 bridgehead atoms. The SMILES string of the molecule is CCOC(=O)CCCCCNC(=O)c1ccc(OCC)c([N+](=O)[O-])c1. The molecule has 0 unspecified atom stereocenters. The van der Waals surface area contributed by atoms with Crippen LogP contribution in [0.5, 0.6) is 5.75 Å². The molecule has 0 heterocycles. The Morgan fingerprint density at radius 2 is 1.92 bits per heavy atom. The van der Waals surface area contributed by atoms with Gasteiger partial charge in [0.25, 0.3) is 5.91 Å². The van der Waals surface area contributed by atoms with Crippen LogP contribution >= 0.6 is 0 Å². The molecular formula is C17H24N2O6. The predicted molar refractivity (Wildman–Crippen MR) is 91.7 cm³/mol. The number of hydrogen-bond donors (Lipinski definition) is 1. The minimum absolute atomic E-state index is 0.142. The highest BCUT2D eigenvalue weighted by molar-refractivity contribution is 5.95. The average molecular weight is 352 g/mol. The molecule has 0 fully saturated rings. The van der Waals surface area contributed by atoms with E-state index in [-0.39, 0.29) is 28.9 Å². The molecule has 0 saturated carbocycles. The lowest BCUT2D eigenvalue weighted by Gasteiger charge is -2.08. The van der Waals surface area contributed by atoms with Crippen LogP contribution in [0.3, 0.4) is 0 Å². The van der Waals surface area contributed by atoms with Crippen molar-refractivity contribution in [1.29, 1.82) is 0 Å². The molecular weight excluding hydrogens is 328 g/mol. The molecule has 8 heteroatoms. The van der Waals surface area contributed by atoms with Gasteiger partial charge in [-0.25, -0.2) is 0 Å². The van der Waals surface area contributed by atoms with E-state index in [0.29, 0.717) is 39.0 Å². The van der Waals surface area contributed by atoms with Crippen LogP contribution in [-0.2, 0) is 9.53 Å². The standard InChI is InChI=1S/C17H24N2O6/c1-3-24-15-10-9-13(12-14(15)19(22)23)17(21)18-11-7-5-6-8-16(20)25-4-2/h9-10,12H,3-8,11H2,1-2H3,(H,18,21). The van der Waals surface area contributed by atoms with Gasteiger partial charge in [-0.2, -0.15) is 0 Å². The Morgan fingerprint density at radius 1 is 1.16 bits per heavy atom. The second kappa shape index (κ2) is 11.0. The van der Waals surface area contributed by atoms with E-state index in [1.807, 2.05) is 0 Å². The number of unbranched alkanes of at least 4 members (excludes halogenated alkanes) is 2. The number of nitrogens with one attached hydrogen (secondary N) is 1. The van der Waals surface area contributed by atoms with Crippen LogP contribution in [-0.4, -0.2) is 36.6 Å². The first kappa shape index (κ1) is 20.4. The highest BCUT2D eigenvalue weighted by Gasteiger charge is 2.18. The number of rotatable bonds is 11. The average Bonchev–Trinajstić information content (AvgIpc) is 2.58. The number of esters is 1. The summed E-state index contributed by atoms with van der Waals surface area (Å²) in [7, 11) is 0. The summed E-state index contributed by atoms with van der Waals surface area (Å²) in [6, 6.07) is 4.13.